The number of ether oxygens (including phenoxy) is 1. The van der Waals surface area contributed by atoms with Crippen molar-refractivity contribution >= 4 is 17.4 Å². The van der Waals surface area contributed by atoms with Crippen LogP contribution in [0.5, 0.6) is 0 Å². The predicted molar refractivity (Wildman–Crippen MR) is 94.0 cm³/mol. The van der Waals surface area contributed by atoms with Crippen LogP contribution in [0.2, 0.25) is 0 Å². The van der Waals surface area contributed by atoms with Crippen LogP contribution in [0.1, 0.15) is 18.4 Å². The number of hydrogen-bond donors (Lipinski definition) is 1. The molecule has 5 heteroatoms. The molecule has 1 aliphatic carbocycles. The molecule has 0 amide bonds. The quantitative estimate of drug-likeness (QED) is 0.660. The van der Waals surface area contributed by atoms with Gasteiger partial charge < -0.3 is 9.84 Å². The highest BCUT2D eigenvalue weighted by atomic mass is 16.5. The first-order valence-electron chi connectivity index (χ1n) is 9.01. The van der Waals surface area contributed by atoms with E-state index in [1.54, 1.807) is 0 Å². The maximum atomic E-state index is 13.0. The van der Waals surface area contributed by atoms with Crippen molar-refractivity contribution in [2.75, 3.05) is 26.8 Å². The molecule has 130 valence electrons. The second kappa shape index (κ2) is 5.26. The zero-order valence-corrected chi connectivity index (χ0v) is 14.3. The molecule has 0 aromatic heterocycles. The Kier molecular flexibility index (Phi) is 3.21. The first-order chi connectivity index (χ1) is 12.2. The maximum Gasteiger partial charge on any atom is 0.310 e. The fourth-order valence-electron chi connectivity index (χ4n) is 5.79. The van der Waals surface area contributed by atoms with Crippen LogP contribution in [0.3, 0.4) is 0 Å². The summed E-state index contributed by atoms with van der Waals surface area (Å²) in [6, 6.07) is 8.54. The Labute approximate surface area is 147 Å². The summed E-state index contributed by atoms with van der Waals surface area (Å²) in [5.41, 5.74) is 4.18. The number of para-hydroxylation sites is 1. The zero-order chi connectivity index (χ0) is 17.2. The Hall–Kier alpha value is -1.98. The molecule has 1 aromatic rings. The van der Waals surface area contributed by atoms with Crippen molar-refractivity contribution in [1.82, 2.24) is 4.90 Å². The second-order valence-electron chi connectivity index (χ2n) is 7.53. The summed E-state index contributed by atoms with van der Waals surface area (Å²) in [4.78, 5) is 20.4. The monoisotopic (exact) mass is 338 g/mol. The topological polar surface area (TPSA) is 62.1 Å². The van der Waals surface area contributed by atoms with Gasteiger partial charge >= 0.3 is 5.97 Å². The van der Waals surface area contributed by atoms with Gasteiger partial charge in [-0.25, -0.2) is 0 Å². The third-order valence-electron chi connectivity index (χ3n) is 6.71. The summed E-state index contributed by atoms with van der Waals surface area (Å²) >= 11 is 0. The number of piperidine rings is 2. The van der Waals surface area contributed by atoms with Crippen molar-refractivity contribution in [2.24, 2.45) is 16.8 Å². The predicted octanol–water partition coefficient (Wildman–Crippen LogP) is 1.83. The largest absolute Gasteiger partial charge is 0.469 e. The number of esters is 1. The van der Waals surface area contributed by atoms with Crippen molar-refractivity contribution in [3.63, 3.8) is 0 Å². The van der Waals surface area contributed by atoms with Crippen molar-refractivity contribution in [3.8, 4) is 0 Å². The number of aliphatic hydroxyl groups excluding tert-OH is 1. The molecule has 1 N–H and O–H groups in total. The van der Waals surface area contributed by atoms with Crippen LogP contribution in [0, 0.1) is 11.8 Å². The Morgan fingerprint density at radius 2 is 2.32 bits per heavy atom. The number of methoxy groups -OCH3 is 1. The summed E-state index contributed by atoms with van der Waals surface area (Å²) in [5.74, 6) is -0.283. The molecule has 1 saturated carbocycles. The van der Waals surface area contributed by atoms with E-state index in [0.29, 0.717) is 6.04 Å². The molecule has 0 spiro atoms. The van der Waals surface area contributed by atoms with E-state index in [2.05, 4.69) is 17.0 Å². The molecular formula is C20H22N2O3. The third-order valence-corrected chi connectivity index (χ3v) is 6.71. The van der Waals surface area contributed by atoms with Crippen molar-refractivity contribution in [2.45, 2.75) is 24.3 Å². The Morgan fingerprint density at radius 1 is 1.48 bits per heavy atom. The number of aliphatic hydroxyl groups is 1. The average Bonchev–Trinajstić information content (AvgIpc) is 2.98. The van der Waals surface area contributed by atoms with E-state index in [0.717, 1.165) is 37.3 Å². The molecule has 5 rings (SSSR count). The minimum atomic E-state index is -0.345. The summed E-state index contributed by atoms with van der Waals surface area (Å²) in [5, 5.41) is 9.48. The van der Waals surface area contributed by atoms with Gasteiger partial charge in [-0.15, -0.1) is 0 Å². The van der Waals surface area contributed by atoms with Gasteiger partial charge in [-0.1, -0.05) is 29.8 Å². The maximum absolute atomic E-state index is 13.0. The van der Waals surface area contributed by atoms with Gasteiger partial charge in [0.25, 0.3) is 0 Å². The van der Waals surface area contributed by atoms with Gasteiger partial charge in [0, 0.05) is 24.8 Å². The molecule has 2 saturated heterocycles. The van der Waals surface area contributed by atoms with Crippen LogP contribution >= 0.6 is 0 Å². The number of benzene rings is 1. The summed E-state index contributed by atoms with van der Waals surface area (Å²) in [6.07, 6.45) is 3.69. The lowest BCUT2D eigenvalue weighted by Crippen LogP contribution is -2.68. The van der Waals surface area contributed by atoms with Crippen LogP contribution in [0.25, 0.3) is 0 Å². The second-order valence-corrected chi connectivity index (χ2v) is 7.53. The van der Waals surface area contributed by atoms with E-state index >= 15 is 0 Å². The molecular weight excluding hydrogens is 316 g/mol. The van der Waals surface area contributed by atoms with E-state index in [-0.39, 0.29) is 29.8 Å². The van der Waals surface area contributed by atoms with E-state index in [1.807, 2.05) is 18.2 Å². The summed E-state index contributed by atoms with van der Waals surface area (Å²) in [6.45, 7) is 1.78. The number of hydrogen-bond acceptors (Lipinski definition) is 5. The lowest BCUT2D eigenvalue weighted by Gasteiger charge is -2.59. The van der Waals surface area contributed by atoms with Crippen molar-refractivity contribution in [1.29, 1.82) is 0 Å². The minimum absolute atomic E-state index is 0.0166. The van der Waals surface area contributed by atoms with Gasteiger partial charge in [0.15, 0.2) is 0 Å². The molecule has 4 atom stereocenters. The molecule has 1 aromatic carbocycles. The molecule has 0 radical (unpaired) electrons. The van der Waals surface area contributed by atoms with Crippen molar-refractivity contribution < 1.29 is 14.6 Å². The molecule has 5 nitrogen and oxygen atoms in total. The van der Waals surface area contributed by atoms with Gasteiger partial charge in [0.05, 0.1) is 30.7 Å². The molecule has 3 aliphatic heterocycles. The van der Waals surface area contributed by atoms with Crippen molar-refractivity contribution in [3.05, 3.63) is 41.5 Å². The molecule has 25 heavy (non-hydrogen) atoms. The fourth-order valence-corrected chi connectivity index (χ4v) is 5.79. The number of aliphatic imine (C=N–C) groups is 1. The standard InChI is InChI=1S/C20H22N2O3/c1-25-19(24)17-13-10-16-18-20(17,14-4-2-3-5-15(14)21-18)7-8-22(16)11-12(13)6-9-23/h2-6,13,16-17,23H,7-11H2,1H3/t13-,16-,17-,20-/m1/s1. The van der Waals surface area contributed by atoms with Crippen LogP contribution in [-0.2, 0) is 14.9 Å². The lowest BCUT2D eigenvalue weighted by atomic mass is 9.51. The van der Waals surface area contributed by atoms with Gasteiger partial charge in [-0.3, -0.25) is 14.7 Å². The van der Waals surface area contributed by atoms with Crippen LogP contribution in [0.15, 0.2) is 40.9 Å². The summed E-state index contributed by atoms with van der Waals surface area (Å²) in [7, 11) is 1.48. The highest BCUT2D eigenvalue weighted by Gasteiger charge is 2.65. The van der Waals surface area contributed by atoms with Gasteiger partial charge in [-0.05, 0) is 30.4 Å². The van der Waals surface area contributed by atoms with Gasteiger partial charge in [0.2, 0.25) is 0 Å². The number of carbonyl (C=O) groups is 1. The number of rotatable bonds is 2. The molecule has 3 heterocycles. The minimum Gasteiger partial charge on any atom is -0.469 e. The highest BCUT2D eigenvalue weighted by molar-refractivity contribution is 6.09. The normalized spacial score (nSPS) is 36.8. The fraction of sp³-hybridized carbons (Fsp3) is 0.500. The smallest absolute Gasteiger partial charge is 0.310 e. The first-order valence-corrected chi connectivity index (χ1v) is 9.01. The number of carbonyl (C=O) groups excluding carboxylic acids is 1. The number of nitrogens with zero attached hydrogens (tertiary/aromatic N) is 2. The van der Waals surface area contributed by atoms with Crippen LogP contribution < -0.4 is 0 Å². The average molecular weight is 338 g/mol. The third kappa shape index (κ3) is 1.80. The van der Waals surface area contributed by atoms with E-state index in [1.165, 1.54) is 18.2 Å². The Morgan fingerprint density at radius 3 is 3.12 bits per heavy atom. The zero-order valence-electron chi connectivity index (χ0n) is 14.3. The van der Waals surface area contributed by atoms with Gasteiger partial charge in [-0.2, -0.15) is 0 Å². The van der Waals surface area contributed by atoms with Crippen LogP contribution in [-0.4, -0.2) is 54.5 Å². The highest BCUT2D eigenvalue weighted by Crippen LogP contribution is 2.60. The van der Waals surface area contributed by atoms with E-state index < -0.39 is 0 Å². The lowest BCUT2D eigenvalue weighted by molar-refractivity contribution is -0.151. The van der Waals surface area contributed by atoms with Gasteiger partial charge in [0.1, 0.15) is 0 Å². The molecule has 0 unspecified atom stereocenters. The molecule has 3 bridgehead atoms. The summed E-state index contributed by atoms with van der Waals surface area (Å²) < 4.78 is 5.28. The molecule has 4 aliphatic rings. The van der Waals surface area contributed by atoms with E-state index in [9.17, 15) is 9.90 Å². The number of fused-ring (bicyclic) bond motifs is 2. The Balaban J connectivity index is 1.76. The Bertz CT molecular complexity index is 815. The van der Waals surface area contributed by atoms with E-state index in [4.69, 9.17) is 9.73 Å². The first kappa shape index (κ1) is 15.3. The SMILES string of the molecule is COC(=O)[C@H]1[C@@H]2C[C@@H]3C4=Nc5ccccc5[C@@]41CCN3CC2=CCO. The molecule has 3 fully saturated rings. The van der Waals surface area contributed by atoms with Crippen LogP contribution in [0.4, 0.5) is 5.69 Å².